The number of halogens is 4. The van der Waals surface area contributed by atoms with Crippen molar-refractivity contribution in [3.63, 3.8) is 0 Å². The second-order valence-electron chi connectivity index (χ2n) is 6.65. The van der Waals surface area contributed by atoms with Crippen molar-refractivity contribution in [1.29, 1.82) is 0 Å². The topological polar surface area (TPSA) is 47.2 Å². The fourth-order valence-corrected chi connectivity index (χ4v) is 3.78. The van der Waals surface area contributed by atoms with Gasteiger partial charge in [-0.15, -0.1) is 11.8 Å². The zero-order chi connectivity index (χ0) is 21.9. The van der Waals surface area contributed by atoms with Gasteiger partial charge < -0.3 is 4.57 Å². The predicted octanol–water partition coefficient (Wildman–Crippen LogP) is 6.13. The molecule has 2 rings (SSSR count). The van der Waals surface area contributed by atoms with E-state index in [4.69, 9.17) is 11.6 Å². The average Bonchev–Trinajstić information content (AvgIpc) is 2.63. The molecule has 0 saturated carbocycles. The zero-order valence-electron chi connectivity index (χ0n) is 16.9. The van der Waals surface area contributed by atoms with Gasteiger partial charge in [0.15, 0.2) is 0 Å². The van der Waals surface area contributed by atoms with Crippen molar-refractivity contribution < 1.29 is 13.2 Å². The molecule has 0 amide bonds. The van der Waals surface area contributed by atoms with Crippen LogP contribution in [0.2, 0.25) is 5.15 Å². The molecule has 0 N–H and O–H groups in total. The lowest BCUT2D eigenvalue weighted by Gasteiger charge is -2.18. The van der Waals surface area contributed by atoms with Gasteiger partial charge in [0, 0.05) is 17.0 Å². The van der Waals surface area contributed by atoms with Gasteiger partial charge in [-0.05, 0) is 43.7 Å². The lowest BCUT2D eigenvalue weighted by molar-refractivity contribution is -0.144. The molecule has 158 valence electrons. The van der Waals surface area contributed by atoms with E-state index >= 15 is 0 Å². The van der Waals surface area contributed by atoms with E-state index in [1.165, 1.54) is 25.6 Å². The summed E-state index contributed by atoms with van der Waals surface area (Å²) in [5.41, 5.74) is -0.568. The molecule has 0 spiro atoms. The minimum absolute atomic E-state index is 0.00931. The van der Waals surface area contributed by atoms with Gasteiger partial charge in [-0.2, -0.15) is 13.2 Å². The highest BCUT2D eigenvalue weighted by Crippen LogP contribution is 2.33. The number of hydrogen-bond acceptors (Lipinski definition) is 4. The number of aromatic nitrogens is 2. The van der Waals surface area contributed by atoms with Crippen molar-refractivity contribution in [3.05, 3.63) is 50.7 Å². The number of pyridine rings is 2. The quantitative estimate of drug-likeness (QED) is 0.305. The van der Waals surface area contributed by atoms with Crippen LogP contribution in [-0.4, -0.2) is 21.0 Å². The van der Waals surface area contributed by atoms with Crippen molar-refractivity contribution >= 4 is 34.8 Å². The molecule has 0 saturated heterocycles. The molecule has 4 nitrogen and oxygen atoms in total. The highest BCUT2D eigenvalue weighted by Gasteiger charge is 2.35. The molecule has 0 radical (unpaired) electrons. The van der Waals surface area contributed by atoms with Crippen molar-refractivity contribution in [2.75, 3.05) is 5.75 Å². The minimum atomic E-state index is -4.66. The number of hydrogen-bond donors (Lipinski definition) is 0. The molecule has 29 heavy (non-hydrogen) atoms. The summed E-state index contributed by atoms with van der Waals surface area (Å²) in [5, 5.41) is 0.267. The Morgan fingerprint density at radius 3 is 2.48 bits per heavy atom. The van der Waals surface area contributed by atoms with Crippen molar-refractivity contribution in [3.8, 4) is 0 Å². The van der Waals surface area contributed by atoms with Crippen molar-refractivity contribution in [2.24, 2.45) is 10.9 Å². The molecule has 2 aromatic heterocycles. The molecule has 2 aromatic rings. The Balaban J connectivity index is 2.80. The van der Waals surface area contributed by atoms with E-state index in [1.807, 2.05) is 26.8 Å². The molecule has 0 atom stereocenters. The molecule has 0 aliphatic carbocycles. The van der Waals surface area contributed by atoms with Crippen LogP contribution < -0.4 is 5.56 Å². The Kier molecular flexibility index (Phi) is 7.56. The molecule has 2 heterocycles. The Bertz CT molecular complexity index is 984. The summed E-state index contributed by atoms with van der Waals surface area (Å²) in [7, 11) is 0. The Labute approximate surface area is 177 Å². The van der Waals surface area contributed by atoms with Gasteiger partial charge in [-0.25, -0.2) is 4.98 Å². The average molecular weight is 446 g/mol. The molecule has 0 unspecified atom stereocenters. The van der Waals surface area contributed by atoms with Gasteiger partial charge in [0.25, 0.3) is 5.56 Å². The molecule has 0 fully saturated rings. The maximum atomic E-state index is 13.5. The number of nitrogens with zero attached hydrogens (tertiary/aromatic N) is 3. The van der Waals surface area contributed by atoms with Gasteiger partial charge in [-0.3, -0.25) is 9.79 Å². The first-order valence-electron chi connectivity index (χ1n) is 9.21. The van der Waals surface area contributed by atoms with E-state index in [0.717, 1.165) is 21.3 Å². The standard InChI is InChI=1S/C20H23ClF3N3OS/c1-6-27-15(20(22,23)24)10-13(12(5)19(27)28)25-17(11(3)4)18-14(29-7-2)8-9-16(21)26-18/h8-11H,6-7H2,1-5H3. The molecule has 0 aliphatic rings. The maximum absolute atomic E-state index is 13.5. The Morgan fingerprint density at radius 2 is 1.97 bits per heavy atom. The molecule has 0 aliphatic heterocycles. The van der Waals surface area contributed by atoms with Gasteiger partial charge in [0.2, 0.25) is 0 Å². The van der Waals surface area contributed by atoms with Crippen LogP contribution in [0, 0.1) is 12.8 Å². The van der Waals surface area contributed by atoms with Gasteiger partial charge in [-0.1, -0.05) is 32.4 Å². The zero-order valence-corrected chi connectivity index (χ0v) is 18.5. The van der Waals surface area contributed by atoms with Crippen LogP contribution in [0.25, 0.3) is 0 Å². The minimum Gasteiger partial charge on any atom is -0.304 e. The second-order valence-corrected chi connectivity index (χ2v) is 8.35. The van der Waals surface area contributed by atoms with Gasteiger partial charge >= 0.3 is 6.18 Å². The number of thioether (sulfide) groups is 1. The highest BCUT2D eigenvalue weighted by molar-refractivity contribution is 7.99. The van der Waals surface area contributed by atoms with Crippen molar-refractivity contribution in [1.82, 2.24) is 9.55 Å². The van der Waals surface area contributed by atoms with E-state index in [0.29, 0.717) is 11.4 Å². The monoisotopic (exact) mass is 445 g/mol. The van der Waals surface area contributed by atoms with Gasteiger partial charge in [0.1, 0.15) is 16.5 Å². The van der Waals surface area contributed by atoms with Crippen LogP contribution in [-0.2, 0) is 12.7 Å². The third-order valence-electron chi connectivity index (χ3n) is 4.28. The van der Waals surface area contributed by atoms with Crippen LogP contribution in [0.4, 0.5) is 18.9 Å². The summed E-state index contributed by atoms with van der Waals surface area (Å²) in [5.74, 6) is 0.630. The number of rotatable bonds is 6. The summed E-state index contributed by atoms with van der Waals surface area (Å²) in [6.45, 7) is 8.63. The smallest absolute Gasteiger partial charge is 0.304 e. The summed E-state index contributed by atoms with van der Waals surface area (Å²) in [6.07, 6.45) is -4.66. The third kappa shape index (κ3) is 5.22. The lowest BCUT2D eigenvalue weighted by Crippen LogP contribution is -2.29. The van der Waals surface area contributed by atoms with Crippen LogP contribution in [0.1, 0.15) is 44.6 Å². The van der Waals surface area contributed by atoms with E-state index in [1.54, 1.807) is 6.07 Å². The first-order chi connectivity index (χ1) is 13.5. The van der Waals surface area contributed by atoms with Crippen LogP contribution in [0.15, 0.2) is 32.9 Å². The lowest BCUT2D eigenvalue weighted by atomic mass is 10.0. The van der Waals surface area contributed by atoms with Crippen LogP contribution >= 0.6 is 23.4 Å². The fourth-order valence-electron chi connectivity index (χ4n) is 2.87. The van der Waals surface area contributed by atoms with E-state index in [2.05, 4.69) is 9.98 Å². The summed E-state index contributed by atoms with van der Waals surface area (Å²) >= 11 is 7.61. The van der Waals surface area contributed by atoms with Crippen LogP contribution in [0.5, 0.6) is 0 Å². The Hall–Kier alpha value is -1.80. The number of alkyl halides is 3. The van der Waals surface area contributed by atoms with Gasteiger partial charge in [0.05, 0.1) is 11.4 Å². The number of aliphatic imine (C=N–C) groups is 1. The molecule has 0 aromatic carbocycles. The highest BCUT2D eigenvalue weighted by atomic mass is 35.5. The first-order valence-corrected chi connectivity index (χ1v) is 10.6. The van der Waals surface area contributed by atoms with E-state index in [9.17, 15) is 18.0 Å². The third-order valence-corrected chi connectivity index (χ3v) is 5.42. The maximum Gasteiger partial charge on any atom is 0.431 e. The molecular weight excluding hydrogens is 423 g/mol. The largest absolute Gasteiger partial charge is 0.431 e. The SMILES string of the molecule is CCSc1ccc(Cl)nc1C(=Nc1cc(C(F)(F)F)n(CC)c(=O)c1C)C(C)C. The molecule has 9 heteroatoms. The molecule has 0 bridgehead atoms. The second kappa shape index (κ2) is 9.34. The summed E-state index contributed by atoms with van der Waals surface area (Å²) in [4.78, 5) is 22.3. The Morgan fingerprint density at radius 1 is 1.31 bits per heavy atom. The fraction of sp³-hybridized carbons (Fsp3) is 0.450. The van der Waals surface area contributed by atoms with E-state index in [-0.39, 0.29) is 28.9 Å². The summed E-state index contributed by atoms with van der Waals surface area (Å²) < 4.78 is 41.3. The van der Waals surface area contributed by atoms with Crippen molar-refractivity contribution in [2.45, 2.75) is 52.2 Å². The molecular formula is C20H23ClF3N3OS. The predicted molar refractivity (Wildman–Crippen MR) is 113 cm³/mol. The first kappa shape index (κ1) is 23.5. The van der Waals surface area contributed by atoms with Crippen LogP contribution in [0.3, 0.4) is 0 Å². The van der Waals surface area contributed by atoms with E-state index < -0.39 is 17.4 Å². The normalized spacial score (nSPS) is 12.7. The summed E-state index contributed by atoms with van der Waals surface area (Å²) in [6, 6.07) is 4.41.